The van der Waals surface area contributed by atoms with Gasteiger partial charge in [0.25, 0.3) is 5.91 Å². The van der Waals surface area contributed by atoms with Crippen molar-refractivity contribution in [2.45, 2.75) is 65.8 Å². The number of benzene rings is 3. The maximum absolute atomic E-state index is 14.1. The van der Waals surface area contributed by atoms with Crippen molar-refractivity contribution in [1.82, 2.24) is 4.90 Å². The predicted octanol–water partition coefficient (Wildman–Crippen LogP) is 9.01. The van der Waals surface area contributed by atoms with Gasteiger partial charge < -0.3 is 15.0 Å². The molecule has 6 rings (SSSR count). The third-order valence-corrected chi connectivity index (χ3v) is 9.85. The third-order valence-electron chi connectivity index (χ3n) is 8.98. The van der Waals surface area contributed by atoms with Crippen molar-refractivity contribution in [2.75, 3.05) is 11.9 Å². The zero-order chi connectivity index (χ0) is 32.8. The number of carbonyl (C=O) groups is 3. The van der Waals surface area contributed by atoms with Crippen molar-refractivity contribution < 1.29 is 19.1 Å². The molecule has 1 aliphatic heterocycles. The fourth-order valence-electron chi connectivity index (χ4n) is 7.03. The van der Waals surface area contributed by atoms with E-state index in [1.165, 1.54) is 0 Å². The molecule has 1 heterocycles. The molecule has 8 heteroatoms. The number of hydrogen-bond donors (Lipinski definition) is 1. The first-order chi connectivity index (χ1) is 21.8. The first-order valence-electron chi connectivity index (χ1n) is 15.6. The molecule has 2 aliphatic carbocycles. The molecule has 46 heavy (non-hydrogen) atoms. The van der Waals surface area contributed by atoms with Gasteiger partial charge in [-0.3, -0.25) is 14.4 Å². The van der Waals surface area contributed by atoms with Gasteiger partial charge in [-0.25, -0.2) is 0 Å². The summed E-state index contributed by atoms with van der Waals surface area (Å²) in [5, 5.41) is 3.39. The van der Waals surface area contributed by atoms with Crippen LogP contribution >= 0.6 is 27.5 Å². The molecule has 238 valence electrons. The van der Waals surface area contributed by atoms with Gasteiger partial charge in [-0.1, -0.05) is 75.7 Å². The number of halogens is 2. The number of hydrogen-bond acceptors (Lipinski definition) is 5. The van der Waals surface area contributed by atoms with Gasteiger partial charge in [0.1, 0.15) is 5.75 Å². The normalized spacial score (nSPS) is 19.1. The van der Waals surface area contributed by atoms with Crippen LogP contribution in [0.25, 0.3) is 0 Å². The van der Waals surface area contributed by atoms with Gasteiger partial charge in [-0.05, 0) is 87.1 Å². The van der Waals surface area contributed by atoms with Crippen LogP contribution in [-0.4, -0.2) is 29.0 Å². The molecule has 3 aromatic carbocycles. The second kappa shape index (κ2) is 12.5. The summed E-state index contributed by atoms with van der Waals surface area (Å²) in [7, 11) is 0. The molecule has 6 nitrogen and oxygen atoms in total. The van der Waals surface area contributed by atoms with Gasteiger partial charge in [-0.15, -0.1) is 0 Å². The predicted molar refractivity (Wildman–Crippen MR) is 185 cm³/mol. The molecule has 0 saturated heterocycles. The molecule has 0 spiro atoms. The number of carbonyl (C=O) groups excluding carboxylic acids is 3. The first-order valence-corrected chi connectivity index (χ1v) is 16.8. The van der Waals surface area contributed by atoms with Crippen LogP contribution in [-0.2, 0) is 20.9 Å². The Morgan fingerprint density at radius 1 is 0.870 bits per heavy atom. The second-order valence-corrected chi connectivity index (χ2v) is 15.4. The summed E-state index contributed by atoms with van der Waals surface area (Å²) in [6, 6.07) is 22.8. The second-order valence-electron chi connectivity index (χ2n) is 14.1. The van der Waals surface area contributed by atoms with Crippen LogP contribution in [0.3, 0.4) is 0 Å². The molecule has 0 bridgehead atoms. The molecule has 3 aromatic rings. The highest BCUT2D eigenvalue weighted by Crippen LogP contribution is 2.55. The minimum Gasteiger partial charge on any atom is -0.483 e. The number of Topliss-reactive ketones (excluding diaryl/α,β-unsaturated/α-hetero) is 2. The van der Waals surface area contributed by atoms with E-state index < -0.39 is 5.92 Å². The van der Waals surface area contributed by atoms with Gasteiger partial charge in [-0.2, -0.15) is 0 Å². The van der Waals surface area contributed by atoms with Crippen LogP contribution in [0.15, 0.2) is 99.8 Å². The fourth-order valence-corrected chi connectivity index (χ4v) is 7.66. The van der Waals surface area contributed by atoms with E-state index in [2.05, 4.69) is 66.0 Å². The number of rotatable bonds is 7. The van der Waals surface area contributed by atoms with Crippen LogP contribution in [0.2, 0.25) is 5.02 Å². The molecule has 0 radical (unpaired) electrons. The molecular formula is C38H38BrClN2O4. The maximum Gasteiger partial charge on any atom is 0.262 e. The van der Waals surface area contributed by atoms with E-state index in [0.717, 1.165) is 46.5 Å². The van der Waals surface area contributed by atoms with Gasteiger partial charge >= 0.3 is 0 Å². The number of anilines is 1. The third kappa shape index (κ3) is 6.72. The van der Waals surface area contributed by atoms with Crippen molar-refractivity contribution in [3.05, 3.63) is 116 Å². The SMILES string of the molecule is CC1(C)CC(=O)C2=C(C1)N(Cc1ccccc1)C1=C(C(=O)CC(C)(C)C1)C2c1ccc(OCC(=O)Nc2ccc(Cl)cc2)c(Br)c1. The smallest absolute Gasteiger partial charge is 0.262 e. The zero-order valence-corrected chi connectivity index (χ0v) is 28.9. The zero-order valence-electron chi connectivity index (χ0n) is 26.6. The minimum absolute atomic E-state index is 0.0915. The Morgan fingerprint density at radius 3 is 2.02 bits per heavy atom. The maximum atomic E-state index is 14.1. The monoisotopic (exact) mass is 700 g/mol. The highest BCUT2D eigenvalue weighted by Gasteiger charge is 2.49. The summed E-state index contributed by atoms with van der Waals surface area (Å²) in [6.45, 7) is 9.01. The Hall–Kier alpha value is -3.68. The highest BCUT2D eigenvalue weighted by atomic mass is 79.9. The standard InChI is InChI=1S/C38H38BrClN2O4/c1-37(2)17-28-35(30(43)19-37)34(36-29(18-38(3,4)20-31(36)44)42(28)21-23-8-6-5-7-9-23)24-10-15-32(27(39)16-24)46-22-33(45)41-26-13-11-25(40)12-14-26/h5-16,34H,17-22H2,1-4H3,(H,41,45). The quantitative estimate of drug-likeness (QED) is 0.266. The Morgan fingerprint density at radius 2 is 1.46 bits per heavy atom. The van der Waals surface area contributed by atoms with Gasteiger partial charge in [0.05, 0.1) is 4.47 Å². The summed E-state index contributed by atoms with van der Waals surface area (Å²) in [4.78, 5) is 43.1. The van der Waals surface area contributed by atoms with Gasteiger partial charge in [0, 0.05) is 58.6 Å². The lowest BCUT2D eigenvalue weighted by molar-refractivity contribution is -0.120. The topological polar surface area (TPSA) is 75.7 Å². The molecule has 0 unspecified atom stereocenters. The number of allylic oxidation sites excluding steroid dienone is 4. The number of nitrogens with zero attached hydrogens (tertiary/aromatic N) is 1. The molecule has 0 atom stereocenters. The Balaban J connectivity index is 1.37. The molecule has 1 N–H and O–H groups in total. The Kier molecular flexibility index (Phi) is 8.77. The minimum atomic E-state index is -0.470. The highest BCUT2D eigenvalue weighted by molar-refractivity contribution is 9.10. The van der Waals surface area contributed by atoms with E-state index in [1.54, 1.807) is 30.3 Å². The lowest BCUT2D eigenvalue weighted by Crippen LogP contribution is -2.44. The lowest BCUT2D eigenvalue weighted by atomic mass is 9.63. The molecule has 3 aliphatic rings. The molecule has 0 fully saturated rings. The number of nitrogens with one attached hydrogen (secondary N) is 1. The van der Waals surface area contributed by atoms with Crippen molar-refractivity contribution in [3.63, 3.8) is 0 Å². The Labute approximate surface area is 284 Å². The summed E-state index contributed by atoms with van der Waals surface area (Å²) in [6.07, 6.45) is 2.34. The van der Waals surface area contributed by atoms with E-state index in [1.807, 2.05) is 30.3 Å². The van der Waals surface area contributed by atoms with Crippen LogP contribution in [0.4, 0.5) is 5.69 Å². The van der Waals surface area contributed by atoms with Gasteiger partial charge in [0.15, 0.2) is 18.2 Å². The van der Waals surface area contributed by atoms with Crippen LogP contribution in [0, 0.1) is 10.8 Å². The van der Waals surface area contributed by atoms with Crippen LogP contribution in [0.1, 0.15) is 70.4 Å². The summed E-state index contributed by atoms with van der Waals surface area (Å²) in [5.41, 5.74) is 5.71. The van der Waals surface area contributed by atoms with E-state index in [9.17, 15) is 14.4 Å². The van der Waals surface area contributed by atoms with E-state index in [-0.39, 0.29) is 34.9 Å². The Bertz CT molecular complexity index is 1720. The van der Waals surface area contributed by atoms with Crippen LogP contribution in [0.5, 0.6) is 5.75 Å². The molecule has 0 aromatic heterocycles. The largest absolute Gasteiger partial charge is 0.483 e. The number of ether oxygens (including phenoxy) is 1. The first kappa shape index (κ1) is 32.3. The van der Waals surface area contributed by atoms with Crippen LogP contribution < -0.4 is 10.1 Å². The van der Waals surface area contributed by atoms with Crippen molar-refractivity contribution in [1.29, 1.82) is 0 Å². The number of ketones is 2. The fraction of sp³-hybridized carbons (Fsp3) is 0.342. The summed E-state index contributed by atoms with van der Waals surface area (Å²) < 4.78 is 6.53. The average Bonchev–Trinajstić information content (AvgIpc) is 2.98. The lowest BCUT2D eigenvalue weighted by Gasteiger charge is -2.49. The van der Waals surface area contributed by atoms with E-state index in [4.69, 9.17) is 16.3 Å². The number of amides is 1. The molecular weight excluding hydrogens is 664 g/mol. The van der Waals surface area contributed by atoms with Crippen molar-refractivity contribution in [2.24, 2.45) is 10.8 Å². The van der Waals surface area contributed by atoms with Gasteiger partial charge in [0.2, 0.25) is 0 Å². The van der Waals surface area contributed by atoms with E-state index in [0.29, 0.717) is 40.3 Å². The molecule has 1 amide bonds. The van der Waals surface area contributed by atoms with E-state index >= 15 is 0 Å². The van der Waals surface area contributed by atoms with Crippen molar-refractivity contribution in [3.8, 4) is 5.75 Å². The summed E-state index contributed by atoms with van der Waals surface area (Å²) in [5.74, 6) is -0.0999. The summed E-state index contributed by atoms with van der Waals surface area (Å²) >= 11 is 9.60. The molecule has 0 saturated carbocycles. The average molecular weight is 702 g/mol. The van der Waals surface area contributed by atoms with Crippen molar-refractivity contribution >= 4 is 50.7 Å².